The largest absolute Gasteiger partial charge is 0.489 e. The molecule has 1 heterocycles. The van der Waals surface area contributed by atoms with Crippen molar-refractivity contribution in [1.29, 1.82) is 0 Å². The summed E-state index contributed by atoms with van der Waals surface area (Å²) in [7, 11) is 0. The van der Waals surface area contributed by atoms with E-state index >= 15 is 0 Å². The van der Waals surface area contributed by atoms with Crippen LogP contribution in [0.15, 0.2) is 52.0 Å². The van der Waals surface area contributed by atoms with Crippen LogP contribution in [0.3, 0.4) is 0 Å². The van der Waals surface area contributed by atoms with Crippen molar-refractivity contribution >= 4 is 46.3 Å². The number of hydrogen-bond acceptors (Lipinski definition) is 4. The first kappa shape index (κ1) is 18.3. The lowest BCUT2D eigenvalue weighted by Gasteiger charge is -2.11. The van der Waals surface area contributed by atoms with Crippen LogP contribution in [0.2, 0.25) is 10.0 Å². The summed E-state index contributed by atoms with van der Waals surface area (Å²) in [6.45, 7) is 3.85. The highest BCUT2D eigenvalue weighted by Gasteiger charge is 2.11. The summed E-state index contributed by atoms with van der Waals surface area (Å²) in [5.74, 6) is 0.293. The van der Waals surface area contributed by atoms with Gasteiger partial charge in [0.1, 0.15) is 11.3 Å². The van der Waals surface area contributed by atoms with E-state index in [1.807, 2.05) is 13.8 Å². The number of hydrazone groups is 1. The molecule has 0 saturated heterocycles. The molecule has 0 aliphatic rings. The van der Waals surface area contributed by atoms with Gasteiger partial charge in [0, 0.05) is 10.4 Å². The third-order valence-electron chi connectivity index (χ3n) is 3.40. The van der Waals surface area contributed by atoms with Crippen LogP contribution in [-0.2, 0) is 0 Å². The highest BCUT2D eigenvalue weighted by atomic mass is 35.5. The van der Waals surface area contributed by atoms with Gasteiger partial charge in [0.25, 0.3) is 0 Å². The van der Waals surface area contributed by atoms with E-state index in [1.165, 1.54) is 6.21 Å². The predicted octanol–water partition coefficient (Wildman–Crippen LogP) is 5.29. The molecule has 1 N–H and O–H groups in total. The summed E-state index contributed by atoms with van der Waals surface area (Å²) in [6.07, 6.45) is 1.52. The van der Waals surface area contributed by atoms with Crippen LogP contribution in [0.4, 0.5) is 0 Å². The Morgan fingerprint density at radius 2 is 2.00 bits per heavy atom. The van der Waals surface area contributed by atoms with Gasteiger partial charge in [-0.15, -0.1) is 0 Å². The quantitative estimate of drug-likeness (QED) is 0.475. The summed E-state index contributed by atoms with van der Waals surface area (Å²) < 4.78 is 11.0. The summed E-state index contributed by atoms with van der Waals surface area (Å²) >= 11 is 12.1. The summed E-state index contributed by atoms with van der Waals surface area (Å²) in [5.41, 5.74) is 3.72. The van der Waals surface area contributed by atoms with Crippen LogP contribution in [0.1, 0.15) is 30.0 Å². The number of benzene rings is 2. The van der Waals surface area contributed by atoms with E-state index in [-0.39, 0.29) is 11.9 Å². The number of nitrogens with one attached hydrogen (secondary N) is 1. The van der Waals surface area contributed by atoms with Crippen LogP contribution < -0.4 is 10.2 Å². The molecule has 7 heteroatoms. The number of carbonyl (C=O) groups is 1. The Morgan fingerprint density at radius 3 is 2.73 bits per heavy atom. The topological polar surface area (TPSA) is 63.8 Å². The molecule has 0 atom stereocenters. The van der Waals surface area contributed by atoms with Gasteiger partial charge in [-0.25, -0.2) is 5.43 Å². The Labute approximate surface area is 160 Å². The average Bonchev–Trinajstić information content (AvgIpc) is 3.00. The second-order valence-corrected chi connectivity index (χ2v) is 6.69. The molecule has 0 radical (unpaired) electrons. The van der Waals surface area contributed by atoms with Crippen LogP contribution in [0, 0.1) is 0 Å². The molecule has 0 aliphatic heterocycles. The number of furan rings is 1. The Bertz CT molecular complexity index is 980. The van der Waals surface area contributed by atoms with Crippen molar-refractivity contribution in [1.82, 2.24) is 5.43 Å². The molecular formula is C19H16Cl2N2O3. The van der Waals surface area contributed by atoms with E-state index in [2.05, 4.69) is 10.5 Å². The van der Waals surface area contributed by atoms with Crippen molar-refractivity contribution in [3.8, 4) is 5.75 Å². The van der Waals surface area contributed by atoms with Gasteiger partial charge < -0.3 is 9.15 Å². The molecule has 0 aliphatic carbocycles. The second kappa shape index (κ2) is 7.81. The molecule has 3 aromatic rings. The van der Waals surface area contributed by atoms with Crippen LogP contribution in [-0.4, -0.2) is 18.2 Å². The first-order chi connectivity index (χ1) is 12.4. The molecule has 1 amide bonds. The van der Waals surface area contributed by atoms with Gasteiger partial charge in [-0.3, -0.25) is 4.79 Å². The van der Waals surface area contributed by atoms with E-state index in [9.17, 15) is 4.79 Å². The minimum Gasteiger partial charge on any atom is -0.489 e. The van der Waals surface area contributed by atoms with Gasteiger partial charge in [-0.05, 0) is 61.9 Å². The first-order valence-electron chi connectivity index (χ1n) is 7.91. The summed E-state index contributed by atoms with van der Waals surface area (Å²) in [5, 5.41) is 5.73. The third kappa shape index (κ3) is 4.36. The van der Waals surface area contributed by atoms with Gasteiger partial charge in [0.15, 0.2) is 5.76 Å². The number of hydrogen-bond donors (Lipinski definition) is 1. The maximum absolute atomic E-state index is 12.1. The van der Waals surface area contributed by atoms with Gasteiger partial charge in [0.05, 0.1) is 17.3 Å². The molecular weight excluding hydrogens is 375 g/mol. The molecule has 0 unspecified atom stereocenters. The second-order valence-electron chi connectivity index (χ2n) is 5.85. The number of carbonyl (C=O) groups excluding carboxylic acids is 1. The average molecular weight is 391 g/mol. The van der Waals surface area contributed by atoms with E-state index < -0.39 is 5.91 Å². The van der Waals surface area contributed by atoms with Crippen LogP contribution in [0.25, 0.3) is 11.0 Å². The molecule has 0 spiro atoms. The molecule has 1 aromatic heterocycles. The third-order valence-corrected chi connectivity index (χ3v) is 3.93. The normalized spacial score (nSPS) is 11.4. The van der Waals surface area contributed by atoms with Crippen LogP contribution >= 0.6 is 23.2 Å². The highest BCUT2D eigenvalue weighted by molar-refractivity contribution is 6.32. The first-order valence-corrected chi connectivity index (χ1v) is 8.66. The zero-order valence-electron chi connectivity index (χ0n) is 14.1. The number of nitrogens with zero attached hydrogens (tertiary/aromatic N) is 1. The smallest absolute Gasteiger partial charge is 0.307 e. The number of ether oxygens (including phenoxy) is 1. The number of rotatable bonds is 5. The summed E-state index contributed by atoms with van der Waals surface area (Å²) in [4.78, 5) is 12.1. The van der Waals surface area contributed by atoms with E-state index in [0.29, 0.717) is 21.4 Å². The number of amides is 1. The SMILES string of the molecule is CC(C)Oc1ccc(/C=N/NC(=O)c2cc3cc(Cl)ccc3o2)cc1Cl. The lowest BCUT2D eigenvalue weighted by Crippen LogP contribution is -2.16. The van der Waals surface area contributed by atoms with Crippen LogP contribution in [0.5, 0.6) is 5.75 Å². The monoisotopic (exact) mass is 390 g/mol. The van der Waals surface area contributed by atoms with Crippen molar-refractivity contribution < 1.29 is 13.9 Å². The summed E-state index contributed by atoms with van der Waals surface area (Å²) in [6, 6.07) is 12.0. The molecule has 0 saturated carbocycles. The Hall–Kier alpha value is -2.50. The molecule has 134 valence electrons. The maximum atomic E-state index is 12.1. The van der Waals surface area contributed by atoms with Gasteiger partial charge in [-0.1, -0.05) is 23.2 Å². The lowest BCUT2D eigenvalue weighted by molar-refractivity contribution is 0.0929. The van der Waals surface area contributed by atoms with Gasteiger partial charge in [0.2, 0.25) is 0 Å². The molecule has 5 nitrogen and oxygen atoms in total. The Morgan fingerprint density at radius 1 is 1.19 bits per heavy atom. The van der Waals surface area contributed by atoms with Gasteiger partial charge >= 0.3 is 5.91 Å². The van der Waals surface area contributed by atoms with E-state index in [0.717, 1.165) is 10.9 Å². The standard InChI is InChI=1S/C19H16Cl2N2O3/c1-11(2)25-17-5-3-12(7-15(17)21)10-22-23-19(24)18-9-13-8-14(20)4-6-16(13)26-18/h3-11H,1-2H3,(H,23,24)/b22-10+. The maximum Gasteiger partial charge on any atom is 0.307 e. The zero-order chi connectivity index (χ0) is 18.7. The molecule has 26 heavy (non-hydrogen) atoms. The highest BCUT2D eigenvalue weighted by Crippen LogP contribution is 2.26. The molecule has 0 fully saturated rings. The van der Waals surface area contributed by atoms with Crippen molar-refractivity contribution in [3.63, 3.8) is 0 Å². The minimum absolute atomic E-state index is 0.0324. The number of fused-ring (bicyclic) bond motifs is 1. The van der Waals surface area contributed by atoms with E-state index in [1.54, 1.807) is 42.5 Å². The zero-order valence-corrected chi connectivity index (χ0v) is 15.6. The van der Waals surface area contributed by atoms with Crippen molar-refractivity contribution in [2.75, 3.05) is 0 Å². The molecule has 0 bridgehead atoms. The number of halogens is 2. The minimum atomic E-state index is -0.459. The van der Waals surface area contributed by atoms with Crippen molar-refractivity contribution in [2.24, 2.45) is 5.10 Å². The van der Waals surface area contributed by atoms with Gasteiger partial charge in [-0.2, -0.15) is 5.10 Å². The van der Waals surface area contributed by atoms with E-state index in [4.69, 9.17) is 32.4 Å². The fourth-order valence-corrected chi connectivity index (χ4v) is 2.71. The van der Waals surface area contributed by atoms with Crippen molar-refractivity contribution in [3.05, 3.63) is 63.8 Å². The van der Waals surface area contributed by atoms with Crippen molar-refractivity contribution in [2.45, 2.75) is 20.0 Å². The Kier molecular flexibility index (Phi) is 5.49. The fourth-order valence-electron chi connectivity index (χ4n) is 2.29. The predicted molar refractivity (Wildman–Crippen MR) is 104 cm³/mol. The Balaban J connectivity index is 1.67. The molecule has 3 rings (SSSR count). The fraction of sp³-hybridized carbons (Fsp3) is 0.158. The lowest BCUT2D eigenvalue weighted by atomic mass is 10.2. The molecule has 2 aromatic carbocycles.